The Balaban J connectivity index is 2.25. The molecule has 2 heteroatoms. The molecule has 0 aromatic heterocycles. The summed E-state index contributed by atoms with van der Waals surface area (Å²) in [6.45, 7) is 6.40. The van der Waals surface area contributed by atoms with Gasteiger partial charge in [-0.1, -0.05) is 41.5 Å². The molecular weight excluding hydrogens is 258 g/mol. The van der Waals surface area contributed by atoms with E-state index in [0.29, 0.717) is 6.04 Å². The summed E-state index contributed by atoms with van der Waals surface area (Å²) in [5, 5.41) is 3.43. The number of likely N-dealkylation sites (N-methyl/N-ethyl adjacent to an activating group) is 1. The van der Waals surface area contributed by atoms with Crippen molar-refractivity contribution in [3.05, 3.63) is 64.2 Å². The molecule has 21 heavy (non-hydrogen) atoms. The van der Waals surface area contributed by atoms with Crippen LogP contribution in [0.1, 0.15) is 33.9 Å². The molecule has 2 aromatic rings. The summed E-state index contributed by atoms with van der Waals surface area (Å²) in [6.07, 6.45) is 0.991. The lowest BCUT2D eigenvalue weighted by molar-refractivity contribution is 0.411. The number of nitrogens with one attached hydrogen (secondary N) is 1. The van der Waals surface area contributed by atoms with Crippen LogP contribution in [-0.4, -0.2) is 14.2 Å². The van der Waals surface area contributed by atoms with Crippen LogP contribution in [0.3, 0.4) is 0 Å². The fraction of sp³-hybridized carbons (Fsp3) is 0.368. The SMILES string of the molecule is CNC(Cc1cc(C)cc(C)c1)c1ccc(OC)c(C)c1. The lowest BCUT2D eigenvalue weighted by atomic mass is 9.95. The number of ether oxygens (including phenoxy) is 1. The Labute approximate surface area is 128 Å². The highest BCUT2D eigenvalue weighted by Crippen LogP contribution is 2.25. The molecule has 0 saturated heterocycles. The Morgan fingerprint density at radius 3 is 2.19 bits per heavy atom. The zero-order valence-corrected chi connectivity index (χ0v) is 13.7. The Hall–Kier alpha value is -1.80. The van der Waals surface area contributed by atoms with Gasteiger partial charge >= 0.3 is 0 Å². The van der Waals surface area contributed by atoms with Gasteiger partial charge in [0.2, 0.25) is 0 Å². The average molecular weight is 283 g/mol. The second-order valence-corrected chi connectivity index (χ2v) is 5.77. The highest BCUT2D eigenvalue weighted by molar-refractivity contribution is 5.38. The lowest BCUT2D eigenvalue weighted by Crippen LogP contribution is -2.19. The maximum absolute atomic E-state index is 5.34. The second-order valence-electron chi connectivity index (χ2n) is 5.77. The van der Waals surface area contributed by atoms with Crippen LogP contribution in [0.4, 0.5) is 0 Å². The predicted octanol–water partition coefficient (Wildman–Crippen LogP) is 4.12. The van der Waals surface area contributed by atoms with Gasteiger partial charge in [0.05, 0.1) is 7.11 Å². The minimum absolute atomic E-state index is 0.316. The molecule has 1 N–H and O–H groups in total. The summed E-state index contributed by atoms with van der Waals surface area (Å²) in [6, 6.07) is 13.5. The van der Waals surface area contributed by atoms with Gasteiger partial charge in [0.25, 0.3) is 0 Å². The quantitative estimate of drug-likeness (QED) is 0.891. The Morgan fingerprint density at radius 1 is 1.00 bits per heavy atom. The number of hydrogen-bond acceptors (Lipinski definition) is 2. The van der Waals surface area contributed by atoms with Gasteiger partial charge in [0.15, 0.2) is 0 Å². The van der Waals surface area contributed by atoms with Gasteiger partial charge in [-0.15, -0.1) is 0 Å². The molecule has 0 saturated carbocycles. The lowest BCUT2D eigenvalue weighted by Gasteiger charge is -2.19. The molecule has 0 aliphatic carbocycles. The Kier molecular flexibility index (Phi) is 5.03. The highest BCUT2D eigenvalue weighted by atomic mass is 16.5. The first-order valence-corrected chi connectivity index (χ1v) is 7.42. The van der Waals surface area contributed by atoms with Crippen molar-refractivity contribution in [2.24, 2.45) is 0 Å². The van der Waals surface area contributed by atoms with Crippen LogP contribution >= 0.6 is 0 Å². The molecule has 0 heterocycles. The van der Waals surface area contributed by atoms with Crippen molar-refractivity contribution in [2.45, 2.75) is 33.2 Å². The van der Waals surface area contributed by atoms with Crippen LogP contribution in [0.5, 0.6) is 5.75 Å². The van der Waals surface area contributed by atoms with Gasteiger partial charge in [-0.05, 0) is 57.0 Å². The molecule has 0 aliphatic heterocycles. The topological polar surface area (TPSA) is 21.3 Å². The van der Waals surface area contributed by atoms with Gasteiger partial charge in [-0.3, -0.25) is 0 Å². The third-order valence-corrected chi connectivity index (χ3v) is 3.89. The molecule has 2 aromatic carbocycles. The molecular formula is C19H25NO. The summed E-state index contributed by atoms with van der Waals surface area (Å²) in [5.41, 5.74) is 6.50. The molecule has 0 bridgehead atoms. The van der Waals surface area contributed by atoms with E-state index in [1.54, 1.807) is 7.11 Å². The first kappa shape index (κ1) is 15.6. The van der Waals surface area contributed by atoms with Crippen molar-refractivity contribution in [3.8, 4) is 5.75 Å². The third-order valence-electron chi connectivity index (χ3n) is 3.89. The Bertz CT molecular complexity index is 599. The summed E-state index contributed by atoms with van der Waals surface area (Å²) < 4.78 is 5.34. The molecule has 2 nitrogen and oxygen atoms in total. The summed E-state index contributed by atoms with van der Waals surface area (Å²) in [4.78, 5) is 0. The van der Waals surface area contributed by atoms with Crippen LogP contribution in [0.15, 0.2) is 36.4 Å². The maximum Gasteiger partial charge on any atom is 0.121 e. The van der Waals surface area contributed by atoms with Gasteiger partial charge in [-0.25, -0.2) is 0 Å². The number of rotatable bonds is 5. The van der Waals surface area contributed by atoms with E-state index in [0.717, 1.165) is 12.2 Å². The van der Waals surface area contributed by atoms with Crippen molar-refractivity contribution < 1.29 is 4.74 Å². The normalized spacial score (nSPS) is 12.2. The van der Waals surface area contributed by atoms with Crippen LogP contribution in [0.25, 0.3) is 0 Å². The van der Waals surface area contributed by atoms with E-state index < -0.39 is 0 Å². The number of hydrogen-bond donors (Lipinski definition) is 1. The molecule has 112 valence electrons. The van der Waals surface area contributed by atoms with E-state index >= 15 is 0 Å². The van der Waals surface area contributed by atoms with Crippen molar-refractivity contribution >= 4 is 0 Å². The standard InChI is InChI=1S/C19H25NO/c1-13-8-14(2)10-16(9-13)12-18(20-4)17-6-7-19(21-5)15(3)11-17/h6-11,18,20H,12H2,1-5H3. The van der Waals surface area contributed by atoms with E-state index in [2.05, 4.69) is 62.5 Å². The van der Waals surface area contributed by atoms with E-state index in [-0.39, 0.29) is 0 Å². The molecule has 0 fully saturated rings. The van der Waals surface area contributed by atoms with Gasteiger partial charge in [0.1, 0.15) is 5.75 Å². The van der Waals surface area contributed by atoms with Gasteiger partial charge in [-0.2, -0.15) is 0 Å². The first-order chi connectivity index (χ1) is 10.0. The maximum atomic E-state index is 5.34. The number of aryl methyl sites for hydroxylation is 3. The highest BCUT2D eigenvalue weighted by Gasteiger charge is 2.12. The number of methoxy groups -OCH3 is 1. The molecule has 0 radical (unpaired) electrons. The number of benzene rings is 2. The van der Waals surface area contributed by atoms with E-state index in [1.807, 2.05) is 7.05 Å². The summed E-state index contributed by atoms with van der Waals surface area (Å²) in [5.74, 6) is 0.944. The molecule has 1 atom stereocenters. The zero-order valence-electron chi connectivity index (χ0n) is 13.7. The minimum Gasteiger partial charge on any atom is -0.496 e. The monoisotopic (exact) mass is 283 g/mol. The molecule has 0 aliphatic rings. The largest absolute Gasteiger partial charge is 0.496 e. The van der Waals surface area contributed by atoms with Crippen LogP contribution in [0, 0.1) is 20.8 Å². The Morgan fingerprint density at radius 2 is 1.67 bits per heavy atom. The minimum atomic E-state index is 0.316. The molecule has 1 unspecified atom stereocenters. The summed E-state index contributed by atoms with van der Waals surface area (Å²) >= 11 is 0. The summed E-state index contributed by atoms with van der Waals surface area (Å²) in [7, 11) is 3.74. The van der Waals surface area contributed by atoms with Crippen LogP contribution < -0.4 is 10.1 Å². The van der Waals surface area contributed by atoms with Crippen molar-refractivity contribution in [1.82, 2.24) is 5.32 Å². The second kappa shape index (κ2) is 6.77. The smallest absolute Gasteiger partial charge is 0.121 e. The van der Waals surface area contributed by atoms with Crippen LogP contribution in [0.2, 0.25) is 0 Å². The van der Waals surface area contributed by atoms with Crippen molar-refractivity contribution in [1.29, 1.82) is 0 Å². The first-order valence-electron chi connectivity index (χ1n) is 7.42. The van der Waals surface area contributed by atoms with Crippen LogP contribution in [-0.2, 0) is 6.42 Å². The van der Waals surface area contributed by atoms with E-state index in [4.69, 9.17) is 4.74 Å². The zero-order chi connectivity index (χ0) is 15.4. The fourth-order valence-corrected chi connectivity index (χ4v) is 2.93. The third kappa shape index (κ3) is 3.85. The molecule has 2 rings (SSSR count). The fourth-order valence-electron chi connectivity index (χ4n) is 2.93. The average Bonchev–Trinajstić information content (AvgIpc) is 2.43. The molecule has 0 spiro atoms. The van der Waals surface area contributed by atoms with Gasteiger partial charge < -0.3 is 10.1 Å². The van der Waals surface area contributed by atoms with Crippen molar-refractivity contribution in [3.63, 3.8) is 0 Å². The van der Waals surface area contributed by atoms with E-state index in [1.165, 1.54) is 27.8 Å². The van der Waals surface area contributed by atoms with E-state index in [9.17, 15) is 0 Å². The predicted molar refractivity (Wildman–Crippen MR) is 89.2 cm³/mol. The van der Waals surface area contributed by atoms with Gasteiger partial charge in [0, 0.05) is 6.04 Å². The molecule has 0 amide bonds. The van der Waals surface area contributed by atoms with Crippen molar-refractivity contribution in [2.75, 3.05) is 14.2 Å².